The minimum Gasteiger partial charge on any atom is -0.442 e. The van der Waals surface area contributed by atoms with E-state index in [1.165, 1.54) is 11.0 Å². The normalized spacial score (nSPS) is 21.7. The molecule has 3 aliphatic heterocycles. The topological polar surface area (TPSA) is 97.6 Å². The Morgan fingerprint density at radius 2 is 2.11 bits per heavy atom. The van der Waals surface area contributed by atoms with Crippen molar-refractivity contribution < 1.29 is 18.8 Å². The number of amides is 1. The number of cyclic esters (lactones) is 1. The number of hydrogen-bond donors (Lipinski definition) is 1. The third-order valence-corrected chi connectivity index (χ3v) is 6.60. The number of ether oxygens (including phenoxy) is 1. The fourth-order valence-corrected chi connectivity index (χ4v) is 4.72. The van der Waals surface area contributed by atoms with E-state index in [1.54, 1.807) is 35.4 Å². The van der Waals surface area contributed by atoms with Gasteiger partial charge < -0.3 is 4.74 Å². The minimum absolute atomic E-state index is 0.0546. The summed E-state index contributed by atoms with van der Waals surface area (Å²) >= 11 is 0. The first-order valence-electron chi connectivity index (χ1n) is 12.2. The smallest absolute Gasteiger partial charge is 0.414 e. The molecule has 0 spiro atoms. The van der Waals surface area contributed by atoms with Crippen LogP contribution in [-0.2, 0) is 16.1 Å². The fraction of sp³-hybridized carbons (Fsp3) is 0.308. The van der Waals surface area contributed by atoms with Gasteiger partial charge in [-0.2, -0.15) is 0 Å². The zero-order valence-electron chi connectivity index (χ0n) is 20.0. The third kappa shape index (κ3) is 5.09. The van der Waals surface area contributed by atoms with Gasteiger partial charge in [0.25, 0.3) is 0 Å². The van der Waals surface area contributed by atoms with E-state index < -0.39 is 18.0 Å². The monoisotopic (exact) mass is 503 g/mol. The van der Waals surface area contributed by atoms with E-state index in [1.807, 2.05) is 18.2 Å². The van der Waals surface area contributed by atoms with Gasteiger partial charge in [-0.3, -0.25) is 25.1 Å². The highest BCUT2D eigenvalue weighted by molar-refractivity contribution is 5.90. The maximum Gasteiger partial charge on any atom is 0.414 e. The summed E-state index contributed by atoms with van der Waals surface area (Å²) in [5, 5.41) is 7.64. The molecular weight excluding hydrogens is 477 g/mol. The second-order valence-electron chi connectivity index (χ2n) is 9.20. The summed E-state index contributed by atoms with van der Waals surface area (Å²) in [7, 11) is 0. The van der Waals surface area contributed by atoms with E-state index >= 15 is 4.39 Å². The highest BCUT2D eigenvalue weighted by Crippen LogP contribution is 2.30. The molecule has 5 heterocycles. The second-order valence-corrected chi connectivity index (χ2v) is 9.20. The van der Waals surface area contributed by atoms with Crippen molar-refractivity contribution in [3.63, 3.8) is 0 Å². The Morgan fingerprint density at radius 1 is 1.16 bits per heavy atom. The summed E-state index contributed by atoms with van der Waals surface area (Å²) in [6, 6.07) is 8.37. The first-order valence-corrected chi connectivity index (χ1v) is 12.2. The summed E-state index contributed by atoms with van der Waals surface area (Å²) in [6.45, 7) is 3.45. The van der Waals surface area contributed by atoms with Crippen LogP contribution < -0.4 is 10.4 Å². The number of nitrogens with one attached hydrogen (secondary N) is 1. The molecule has 10 nitrogen and oxygen atoms in total. The number of hydroxylamine groups is 1. The quantitative estimate of drug-likeness (QED) is 0.492. The van der Waals surface area contributed by atoms with Crippen LogP contribution in [0.5, 0.6) is 0 Å². The molecule has 37 heavy (non-hydrogen) atoms. The molecule has 190 valence electrons. The zero-order valence-corrected chi connectivity index (χ0v) is 20.0. The molecule has 6 rings (SSSR count). The van der Waals surface area contributed by atoms with Crippen molar-refractivity contribution in [3.8, 4) is 11.1 Å². The largest absolute Gasteiger partial charge is 0.442 e. The van der Waals surface area contributed by atoms with Crippen LogP contribution in [0.1, 0.15) is 12.1 Å². The summed E-state index contributed by atoms with van der Waals surface area (Å²) in [6.07, 6.45) is 11.4. The summed E-state index contributed by atoms with van der Waals surface area (Å²) in [5.41, 5.74) is 5.96. The fourth-order valence-electron chi connectivity index (χ4n) is 4.72. The SMILES string of the molecule is O=C1O[C@@H](Cn2ccnn2)CN1c1ccc(-c2ccc(C3=C[C@@H](CN4CC=CCC4)ON3)nc2)c(F)c1. The van der Waals surface area contributed by atoms with Crippen molar-refractivity contribution in [3.05, 3.63) is 78.7 Å². The van der Waals surface area contributed by atoms with Crippen molar-refractivity contribution in [2.75, 3.05) is 31.1 Å². The van der Waals surface area contributed by atoms with Crippen molar-refractivity contribution in [2.24, 2.45) is 0 Å². The van der Waals surface area contributed by atoms with E-state index in [-0.39, 0.29) is 6.10 Å². The van der Waals surface area contributed by atoms with E-state index in [9.17, 15) is 4.79 Å². The number of carbonyl (C=O) groups is 1. The maximum atomic E-state index is 15.1. The first kappa shape index (κ1) is 23.3. The molecule has 0 unspecified atom stereocenters. The number of aromatic nitrogens is 4. The van der Waals surface area contributed by atoms with Crippen LogP contribution in [0.25, 0.3) is 16.8 Å². The molecule has 1 saturated heterocycles. The standard InChI is InChI=1S/C26H26FN7O3/c27-23-12-19(34-17-21(36-26(34)35)16-33-11-8-29-31-33)5-6-22(23)18-4-7-24(28-14-18)25-13-20(37-30-25)15-32-9-2-1-3-10-32/h1-2,4-8,11-14,20-21,30H,3,9-10,15-17H2/t20-,21-/m0/s1. The van der Waals surface area contributed by atoms with Crippen LogP contribution in [0.15, 0.2) is 67.2 Å². The van der Waals surface area contributed by atoms with Crippen molar-refractivity contribution in [1.29, 1.82) is 0 Å². The van der Waals surface area contributed by atoms with Crippen molar-refractivity contribution >= 4 is 17.5 Å². The molecule has 0 bridgehead atoms. The molecular formula is C26H26FN7O3. The highest BCUT2D eigenvalue weighted by atomic mass is 19.1. The van der Waals surface area contributed by atoms with Crippen LogP contribution in [0, 0.1) is 5.82 Å². The van der Waals surface area contributed by atoms with Gasteiger partial charge >= 0.3 is 6.09 Å². The molecule has 2 aromatic heterocycles. The molecule has 3 aromatic rings. The predicted molar refractivity (Wildman–Crippen MR) is 133 cm³/mol. The van der Waals surface area contributed by atoms with E-state index in [0.717, 1.165) is 37.4 Å². The molecule has 0 saturated carbocycles. The van der Waals surface area contributed by atoms with E-state index in [4.69, 9.17) is 9.57 Å². The molecule has 1 N–H and O–H groups in total. The predicted octanol–water partition coefficient (Wildman–Crippen LogP) is 3.01. The number of carbonyl (C=O) groups excluding carboxylic acids is 1. The van der Waals surface area contributed by atoms with Gasteiger partial charge in [-0.25, -0.2) is 13.9 Å². The highest BCUT2D eigenvalue weighted by Gasteiger charge is 2.33. The Labute approximate surface area is 212 Å². The molecule has 0 aliphatic carbocycles. The second kappa shape index (κ2) is 10.1. The molecule has 3 aliphatic rings. The Kier molecular flexibility index (Phi) is 6.37. The van der Waals surface area contributed by atoms with Gasteiger partial charge in [0.1, 0.15) is 18.0 Å². The summed E-state index contributed by atoms with van der Waals surface area (Å²) in [5.74, 6) is -0.447. The molecule has 11 heteroatoms. The summed E-state index contributed by atoms with van der Waals surface area (Å²) in [4.78, 5) is 26.4. The average molecular weight is 504 g/mol. The minimum atomic E-state index is -0.516. The molecule has 0 radical (unpaired) electrons. The molecule has 1 amide bonds. The maximum absolute atomic E-state index is 15.1. The number of pyridine rings is 1. The van der Waals surface area contributed by atoms with Gasteiger partial charge in [0.15, 0.2) is 0 Å². The van der Waals surface area contributed by atoms with Gasteiger partial charge in [-0.15, -0.1) is 5.10 Å². The zero-order chi connectivity index (χ0) is 25.2. The van der Waals surface area contributed by atoms with Gasteiger partial charge in [0.2, 0.25) is 0 Å². The number of halogens is 1. The van der Waals surface area contributed by atoms with Gasteiger partial charge in [-0.05, 0) is 36.8 Å². The molecule has 1 aromatic carbocycles. The average Bonchev–Trinajstić information content (AvgIpc) is 3.67. The van der Waals surface area contributed by atoms with Crippen LogP contribution in [0.3, 0.4) is 0 Å². The Morgan fingerprint density at radius 3 is 2.86 bits per heavy atom. The number of nitrogens with zero attached hydrogens (tertiary/aromatic N) is 6. The Balaban J connectivity index is 1.11. The Bertz CT molecular complexity index is 1330. The van der Waals surface area contributed by atoms with Crippen molar-refractivity contribution in [1.82, 2.24) is 30.4 Å². The molecule has 1 fully saturated rings. The van der Waals surface area contributed by atoms with Gasteiger partial charge in [0.05, 0.1) is 36.4 Å². The van der Waals surface area contributed by atoms with Crippen molar-refractivity contribution in [2.45, 2.75) is 25.2 Å². The summed E-state index contributed by atoms with van der Waals surface area (Å²) < 4.78 is 22.1. The lowest BCUT2D eigenvalue weighted by molar-refractivity contribution is 0.0300. The first-order chi connectivity index (χ1) is 18.1. The molecule has 2 atom stereocenters. The van der Waals surface area contributed by atoms with Crippen LogP contribution in [-0.4, -0.2) is 69.4 Å². The van der Waals surface area contributed by atoms with Gasteiger partial charge in [0, 0.05) is 43.2 Å². The lowest BCUT2D eigenvalue weighted by atomic mass is 10.1. The van der Waals surface area contributed by atoms with Crippen LogP contribution >= 0.6 is 0 Å². The lowest BCUT2D eigenvalue weighted by Gasteiger charge is -2.24. The van der Waals surface area contributed by atoms with Crippen LogP contribution in [0.2, 0.25) is 0 Å². The number of rotatable bonds is 7. The third-order valence-electron chi connectivity index (χ3n) is 6.60. The van der Waals surface area contributed by atoms with E-state index in [0.29, 0.717) is 29.9 Å². The number of anilines is 1. The Hall–Kier alpha value is -4.09. The number of benzene rings is 1. The van der Waals surface area contributed by atoms with E-state index in [2.05, 4.69) is 37.8 Å². The van der Waals surface area contributed by atoms with Gasteiger partial charge in [-0.1, -0.05) is 23.4 Å². The lowest BCUT2D eigenvalue weighted by Crippen LogP contribution is -2.35. The number of hydrogen-bond acceptors (Lipinski definition) is 8. The van der Waals surface area contributed by atoms with Crippen LogP contribution in [0.4, 0.5) is 14.9 Å².